The van der Waals surface area contributed by atoms with Crippen LogP contribution in [0.3, 0.4) is 0 Å². The molecule has 1 aliphatic heterocycles. The number of carbonyl (C=O) groups excluding carboxylic acids is 1. The van der Waals surface area contributed by atoms with Gasteiger partial charge in [-0.25, -0.2) is 4.98 Å². The normalized spacial score (nSPS) is 13.4. The fourth-order valence-corrected chi connectivity index (χ4v) is 6.80. The Kier molecular flexibility index (Phi) is 8.02. The lowest BCUT2D eigenvalue weighted by Crippen LogP contribution is -2.29. The first-order valence-corrected chi connectivity index (χ1v) is 13.0. The lowest BCUT2D eigenvalue weighted by Gasteiger charge is -2.25. The van der Waals surface area contributed by atoms with Gasteiger partial charge in [-0.3, -0.25) is 9.69 Å². The van der Waals surface area contributed by atoms with E-state index >= 15 is 0 Å². The summed E-state index contributed by atoms with van der Waals surface area (Å²) in [6.45, 7) is 4.93. The van der Waals surface area contributed by atoms with Crippen molar-refractivity contribution in [2.75, 3.05) is 25.0 Å². The van der Waals surface area contributed by atoms with Crippen molar-refractivity contribution in [2.24, 2.45) is 0 Å². The van der Waals surface area contributed by atoms with Crippen LogP contribution in [0.25, 0.3) is 20.8 Å². The maximum absolute atomic E-state index is 12.8. The minimum absolute atomic E-state index is 0. The Balaban J connectivity index is 0.00000274. The molecule has 0 saturated heterocycles. The van der Waals surface area contributed by atoms with E-state index in [1.807, 2.05) is 18.2 Å². The summed E-state index contributed by atoms with van der Waals surface area (Å²) >= 11 is 15.4. The molecule has 0 fully saturated rings. The van der Waals surface area contributed by atoms with Gasteiger partial charge in [0.05, 0.1) is 15.2 Å². The molecule has 0 unspecified atom stereocenters. The number of benzene rings is 2. The number of rotatable bonds is 6. The van der Waals surface area contributed by atoms with E-state index in [4.69, 9.17) is 32.9 Å². The van der Waals surface area contributed by atoms with Gasteiger partial charge in [-0.2, -0.15) is 0 Å². The summed E-state index contributed by atoms with van der Waals surface area (Å²) in [5, 5.41) is 5.73. The maximum Gasteiger partial charge on any atom is 0.262 e. The van der Waals surface area contributed by atoms with E-state index in [0.29, 0.717) is 15.8 Å². The minimum atomic E-state index is -0.241. The summed E-state index contributed by atoms with van der Waals surface area (Å²) in [5.41, 5.74) is 3.31. The van der Waals surface area contributed by atoms with Gasteiger partial charge in [0.1, 0.15) is 15.8 Å². The number of aromatic nitrogens is 1. The number of nitrogens with zero attached hydrogens (tertiary/aromatic N) is 2. The second-order valence-electron chi connectivity index (χ2n) is 7.73. The van der Waals surface area contributed by atoms with Crippen LogP contribution in [0.2, 0.25) is 10.0 Å². The highest BCUT2D eigenvalue weighted by Gasteiger charge is 2.27. The van der Waals surface area contributed by atoms with Crippen molar-refractivity contribution in [3.63, 3.8) is 0 Å². The van der Waals surface area contributed by atoms with Crippen molar-refractivity contribution in [2.45, 2.75) is 19.9 Å². The molecule has 0 aliphatic carbocycles. The van der Waals surface area contributed by atoms with Crippen molar-refractivity contribution in [1.82, 2.24) is 9.88 Å². The lowest BCUT2D eigenvalue weighted by molar-refractivity contribution is -0.118. The van der Waals surface area contributed by atoms with Crippen LogP contribution in [0, 0.1) is 0 Å². The molecular formula is C24H22Cl3N3O2S2. The Morgan fingerprint density at radius 2 is 2.03 bits per heavy atom. The van der Waals surface area contributed by atoms with Gasteiger partial charge in [-0.15, -0.1) is 35.1 Å². The highest BCUT2D eigenvalue weighted by atomic mass is 35.5. The largest absolute Gasteiger partial charge is 0.482 e. The molecule has 1 aliphatic rings. The molecule has 0 atom stereocenters. The van der Waals surface area contributed by atoms with E-state index < -0.39 is 0 Å². The lowest BCUT2D eigenvalue weighted by atomic mass is 10.0. The van der Waals surface area contributed by atoms with Crippen LogP contribution < -0.4 is 10.1 Å². The first-order valence-electron chi connectivity index (χ1n) is 10.6. The zero-order valence-corrected chi connectivity index (χ0v) is 22.2. The summed E-state index contributed by atoms with van der Waals surface area (Å²) in [5.74, 6) is 0.181. The molecule has 4 aromatic rings. The standard InChI is InChI=1S/C24H21Cl2N3O2S2.ClH/c1-2-29-10-9-15-20(12-29)33-24(22(15)23-27-17-5-3-4-6-19(17)32-23)28-21(30)13-31-18-8-7-14(25)11-16(18)26;/h3-8,11H,2,9-10,12-13H2,1H3,(H,28,30);1H. The molecule has 3 heterocycles. The van der Waals surface area contributed by atoms with E-state index in [1.165, 1.54) is 10.4 Å². The number of anilines is 1. The molecule has 2 aromatic carbocycles. The number of halogens is 3. The van der Waals surface area contributed by atoms with Gasteiger partial charge in [0.25, 0.3) is 5.91 Å². The monoisotopic (exact) mass is 553 g/mol. The molecule has 0 saturated carbocycles. The fourth-order valence-electron chi connectivity index (χ4n) is 3.92. The Labute approximate surface area is 222 Å². The predicted octanol–water partition coefficient (Wildman–Crippen LogP) is 7.15. The fraction of sp³-hybridized carbons (Fsp3) is 0.250. The average molecular weight is 555 g/mol. The summed E-state index contributed by atoms with van der Waals surface area (Å²) < 4.78 is 6.77. The van der Waals surface area contributed by atoms with E-state index in [2.05, 4.69) is 23.2 Å². The summed E-state index contributed by atoms with van der Waals surface area (Å²) in [4.78, 5) is 21.4. The number of hydrogen-bond donors (Lipinski definition) is 1. The first kappa shape index (κ1) is 25.2. The number of nitrogens with one attached hydrogen (secondary N) is 1. The van der Waals surface area contributed by atoms with E-state index in [0.717, 1.165) is 51.8 Å². The summed E-state index contributed by atoms with van der Waals surface area (Å²) in [6.07, 6.45) is 0.942. The number of para-hydroxylation sites is 1. The topological polar surface area (TPSA) is 54.5 Å². The van der Waals surface area contributed by atoms with Gasteiger partial charge in [0.15, 0.2) is 6.61 Å². The molecule has 178 valence electrons. The van der Waals surface area contributed by atoms with Gasteiger partial charge >= 0.3 is 0 Å². The molecule has 1 amide bonds. The molecular weight excluding hydrogens is 533 g/mol. The number of ether oxygens (including phenoxy) is 1. The van der Waals surface area contributed by atoms with Crippen LogP contribution in [0.1, 0.15) is 17.4 Å². The van der Waals surface area contributed by atoms with Crippen molar-refractivity contribution in [1.29, 1.82) is 0 Å². The van der Waals surface area contributed by atoms with Crippen LogP contribution in [-0.2, 0) is 17.8 Å². The molecule has 10 heteroatoms. The van der Waals surface area contributed by atoms with Crippen molar-refractivity contribution < 1.29 is 9.53 Å². The van der Waals surface area contributed by atoms with Gasteiger partial charge in [-0.1, -0.05) is 42.3 Å². The molecule has 0 spiro atoms. The number of carbonyl (C=O) groups is 1. The zero-order chi connectivity index (χ0) is 22.9. The highest BCUT2D eigenvalue weighted by Crippen LogP contribution is 2.45. The predicted molar refractivity (Wildman–Crippen MR) is 145 cm³/mol. The third kappa shape index (κ3) is 5.20. The van der Waals surface area contributed by atoms with Gasteiger partial charge < -0.3 is 10.1 Å². The number of likely N-dealkylation sites (N-methyl/N-ethyl adjacent to an activating group) is 1. The van der Waals surface area contributed by atoms with Crippen molar-refractivity contribution in [3.8, 4) is 16.3 Å². The number of thiazole rings is 1. The molecule has 1 N–H and O–H groups in total. The van der Waals surface area contributed by atoms with Crippen LogP contribution >= 0.6 is 58.3 Å². The molecule has 0 bridgehead atoms. The Bertz CT molecular complexity index is 1310. The molecule has 5 nitrogen and oxygen atoms in total. The summed E-state index contributed by atoms with van der Waals surface area (Å²) in [6, 6.07) is 13.1. The number of thiophene rings is 1. The van der Waals surface area contributed by atoms with Crippen LogP contribution in [-0.4, -0.2) is 35.5 Å². The van der Waals surface area contributed by atoms with E-state index in [-0.39, 0.29) is 24.9 Å². The van der Waals surface area contributed by atoms with Gasteiger partial charge in [0, 0.05) is 28.6 Å². The van der Waals surface area contributed by atoms with Gasteiger partial charge in [0.2, 0.25) is 0 Å². The van der Waals surface area contributed by atoms with Crippen molar-refractivity contribution >= 4 is 79.4 Å². The van der Waals surface area contributed by atoms with E-state index in [9.17, 15) is 4.79 Å². The quantitative estimate of drug-likeness (QED) is 0.275. The SMILES string of the molecule is CCN1CCc2c(sc(NC(=O)COc3ccc(Cl)cc3Cl)c2-c2nc3ccccc3s2)C1.Cl. The highest BCUT2D eigenvalue weighted by molar-refractivity contribution is 7.22. The van der Waals surface area contributed by atoms with Crippen LogP contribution in [0.15, 0.2) is 42.5 Å². The van der Waals surface area contributed by atoms with Gasteiger partial charge in [-0.05, 0) is 48.9 Å². The van der Waals surface area contributed by atoms with Crippen LogP contribution in [0.4, 0.5) is 5.00 Å². The Hall–Kier alpha value is -1.87. The second kappa shape index (κ2) is 10.8. The van der Waals surface area contributed by atoms with E-state index in [1.54, 1.807) is 40.9 Å². The molecule has 0 radical (unpaired) electrons. The second-order valence-corrected chi connectivity index (χ2v) is 10.7. The number of hydrogen-bond acceptors (Lipinski definition) is 6. The zero-order valence-electron chi connectivity index (χ0n) is 18.3. The minimum Gasteiger partial charge on any atom is -0.482 e. The van der Waals surface area contributed by atoms with Crippen molar-refractivity contribution in [3.05, 3.63) is 63.0 Å². The van der Waals surface area contributed by atoms with Crippen LogP contribution in [0.5, 0.6) is 5.75 Å². The summed E-state index contributed by atoms with van der Waals surface area (Å²) in [7, 11) is 0. The Morgan fingerprint density at radius 1 is 1.21 bits per heavy atom. The molecule has 5 rings (SSSR count). The Morgan fingerprint density at radius 3 is 2.79 bits per heavy atom. The third-order valence-corrected chi connectivity index (χ3v) is 8.31. The average Bonchev–Trinajstić information content (AvgIpc) is 3.38. The molecule has 34 heavy (non-hydrogen) atoms. The number of fused-ring (bicyclic) bond motifs is 2. The first-order chi connectivity index (χ1) is 16.0. The number of amides is 1. The molecule has 2 aromatic heterocycles. The smallest absolute Gasteiger partial charge is 0.262 e. The third-order valence-electron chi connectivity index (χ3n) is 5.60. The maximum atomic E-state index is 12.8.